The molecule has 0 aromatic carbocycles. The highest BCUT2D eigenvalue weighted by atomic mass is 32.1. The van der Waals surface area contributed by atoms with Crippen LogP contribution in [0.1, 0.15) is 6.42 Å². The number of thiol groups is 1. The first kappa shape index (κ1) is 11.6. The Balaban J connectivity index is 0. The second-order valence-corrected chi connectivity index (χ2v) is 1.54. The van der Waals surface area contributed by atoms with E-state index in [4.69, 9.17) is 10.2 Å². The molecular formula is C5H11O3S. The second kappa shape index (κ2) is 10.7. The van der Waals surface area contributed by atoms with E-state index in [1.807, 2.05) is 0 Å². The van der Waals surface area contributed by atoms with Crippen molar-refractivity contribution in [2.24, 2.45) is 0 Å². The van der Waals surface area contributed by atoms with Crippen molar-refractivity contribution in [2.75, 3.05) is 12.4 Å². The first-order chi connectivity index (χ1) is 4.18. The number of aliphatic hydroxyl groups is 1. The van der Waals surface area contributed by atoms with E-state index in [1.165, 1.54) is 0 Å². The lowest BCUT2D eigenvalue weighted by Gasteiger charge is -1.79. The predicted molar refractivity (Wildman–Crippen MR) is 38.5 cm³/mol. The highest BCUT2D eigenvalue weighted by Gasteiger charge is 1.88. The highest BCUT2D eigenvalue weighted by molar-refractivity contribution is 7.80. The molecule has 0 atom stereocenters. The lowest BCUT2D eigenvalue weighted by atomic mass is 10.5. The van der Waals surface area contributed by atoms with Gasteiger partial charge in [0.05, 0.1) is 6.42 Å². The molecule has 1 radical (unpaired) electrons. The fraction of sp³-hybridized carbons (Fsp3) is 0.600. The summed E-state index contributed by atoms with van der Waals surface area (Å²) in [6.07, 6.45) is 0.156. The Labute approximate surface area is 60.1 Å². The Morgan fingerprint density at radius 3 is 2.00 bits per heavy atom. The summed E-state index contributed by atoms with van der Waals surface area (Å²) >= 11 is 3.68. The van der Waals surface area contributed by atoms with Gasteiger partial charge in [-0.3, -0.25) is 4.79 Å². The Morgan fingerprint density at radius 2 is 2.00 bits per heavy atom. The molecule has 9 heavy (non-hydrogen) atoms. The summed E-state index contributed by atoms with van der Waals surface area (Å²) in [6.45, 7) is 3.04. The smallest absolute Gasteiger partial charge is 0.304 e. The maximum absolute atomic E-state index is 9.55. The molecule has 0 amide bonds. The zero-order chi connectivity index (χ0) is 7.70. The van der Waals surface area contributed by atoms with E-state index in [0.717, 1.165) is 0 Å². The topological polar surface area (TPSA) is 57.5 Å². The second-order valence-electron chi connectivity index (χ2n) is 1.09. The van der Waals surface area contributed by atoms with Gasteiger partial charge in [-0.05, 0) is 6.92 Å². The summed E-state index contributed by atoms with van der Waals surface area (Å²) in [5.41, 5.74) is 0. The van der Waals surface area contributed by atoms with Crippen LogP contribution in [-0.2, 0) is 4.79 Å². The molecule has 0 fully saturated rings. The van der Waals surface area contributed by atoms with E-state index in [9.17, 15) is 4.79 Å². The average Bonchev–Trinajstić information content (AvgIpc) is 1.67. The van der Waals surface area contributed by atoms with Crippen LogP contribution in [0.4, 0.5) is 0 Å². The fourth-order valence-electron chi connectivity index (χ4n) is 0.0956. The molecule has 0 unspecified atom stereocenters. The zero-order valence-corrected chi connectivity index (χ0v) is 5.97. The standard InChI is InChI=1S/C3H6O2S.C2H5O/c4-3(5)1-2-6;1-2-3/h6H,1-2H2,(H,4,5);3H,1-2H2. The van der Waals surface area contributed by atoms with Gasteiger partial charge in [0, 0.05) is 12.4 Å². The zero-order valence-electron chi connectivity index (χ0n) is 5.08. The molecule has 0 aromatic rings. The number of aliphatic carboxylic acids is 1. The van der Waals surface area contributed by atoms with Crippen LogP contribution in [0.3, 0.4) is 0 Å². The Bertz CT molecular complexity index is 65.2. The van der Waals surface area contributed by atoms with E-state index < -0.39 is 5.97 Å². The van der Waals surface area contributed by atoms with Crippen LogP contribution in [0, 0.1) is 6.92 Å². The maximum atomic E-state index is 9.55. The molecule has 0 aliphatic carbocycles. The molecule has 2 N–H and O–H groups in total. The summed E-state index contributed by atoms with van der Waals surface area (Å²) in [5, 5.41) is 15.3. The molecule has 0 rings (SSSR count). The van der Waals surface area contributed by atoms with Crippen LogP contribution in [0.15, 0.2) is 0 Å². The highest BCUT2D eigenvalue weighted by Crippen LogP contribution is 1.79. The summed E-state index contributed by atoms with van der Waals surface area (Å²) < 4.78 is 0. The van der Waals surface area contributed by atoms with E-state index in [2.05, 4.69) is 19.6 Å². The van der Waals surface area contributed by atoms with Gasteiger partial charge in [-0.25, -0.2) is 0 Å². The van der Waals surface area contributed by atoms with Gasteiger partial charge in [-0.15, -0.1) is 0 Å². The molecule has 0 saturated carbocycles. The number of hydrogen-bond acceptors (Lipinski definition) is 3. The third kappa shape index (κ3) is 33.6. The van der Waals surface area contributed by atoms with Crippen molar-refractivity contribution in [1.29, 1.82) is 0 Å². The lowest BCUT2D eigenvalue weighted by molar-refractivity contribution is -0.136. The van der Waals surface area contributed by atoms with Gasteiger partial charge in [-0.1, -0.05) is 0 Å². The van der Waals surface area contributed by atoms with Gasteiger partial charge in [-0.2, -0.15) is 12.6 Å². The molecule has 0 saturated heterocycles. The van der Waals surface area contributed by atoms with Gasteiger partial charge in [0.2, 0.25) is 0 Å². The van der Waals surface area contributed by atoms with Gasteiger partial charge in [0.25, 0.3) is 0 Å². The fourth-order valence-corrected chi connectivity index (χ4v) is 0.287. The number of carboxylic acid groups (broad SMARTS) is 1. The van der Waals surface area contributed by atoms with Crippen molar-refractivity contribution >= 4 is 18.6 Å². The maximum Gasteiger partial charge on any atom is 0.304 e. The van der Waals surface area contributed by atoms with Crippen molar-refractivity contribution in [2.45, 2.75) is 6.42 Å². The Hall–Kier alpha value is -0.220. The normalized spacial score (nSPS) is 7.44. The minimum Gasteiger partial charge on any atom is -0.481 e. The van der Waals surface area contributed by atoms with Gasteiger partial charge in [0.1, 0.15) is 0 Å². The van der Waals surface area contributed by atoms with Crippen molar-refractivity contribution in [3.8, 4) is 0 Å². The molecule has 55 valence electrons. The van der Waals surface area contributed by atoms with Crippen molar-refractivity contribution < 1.29 is 15.0 Å². The van der Waals surface area contributed by atoms with Crippen LogP contribution in [0.25, 0.3) is 0 Å². The Kier molecular flexibility index (Phi) is 13.8. The number of carbonyl (C=O) groups is 1. The van der Waals surface area contributed by atoms with Gasteiger partial charge in [0.15, 0.2) is 0 Å². The average molecular weight is 151 g/mol. The van der Waals surface area contributed by atoms with Crippen molar-refractivity contribution in [1.82, 2.24) is 0 Å². The van der Waals surface area contributed by atoms with E-state index in [0.29, 0.717) is 5.75 Å². The van der Waals surface area contributed by atoms with Crippen molar-refractivity contribution in [3.05, 3.63) is 6.92 Å². The van der Waals surface area contributed by atoms with Crippen LogP contribution in [-0.4, -0.2) is 28.5 Å². The third-order valence-corrected chi connectivity index (χ3v) is 0.549. The third-order valence-electron chi connectivity index (χ3n) is 0.326. The van der Waals surface area contributed by atoms with Gasteiger partial charge >= 0.3 is 5.97 Å². The molecule has 3 nitrogen and oxygen atoms in total. The Morgan fingerprint density at radius 1 is 1.67 bits per heavy atom. The van der Waals surface area contributed by atoms with Crippen LogP contribution >= 0.6 is 12.6 Å². The quantitative estimate of drug-likeness (QED) is 0.494. The van der Waals surface area contributed by atoms with Crippen LogP contribution < -0.4 is 0 Å². The van der Waals surface area contributed by atoms with Crippen LogP contribution in [0.5, 0.6) is 0 Å². The number of rotatable bonds is 2. The molecule has 0 heterocycles. The predicted octanol–water partition coefficient (Wildman–Crippen LogP) is 0.204. The molecule has 0 bridgehead atoms. The number of hydrogen-bond donors (Lipinski definition) is 3. The summed E-state index contributed by atoms with van der Waals surface area (Å²) in [6, 6.07) is 0. The summed E-state index contributed by atoms with van der Waals surface area (Å²) in [4.78, 5) is 9.55. The molecule has 0 spiro atoms. The van der Waals surface area contributed by atoms with Gasteiger partial charge < -0.3 is 10.2 Å². The molecule has 0 aliphatic heterocycles. The van der Waals surface area contributed by atoms with E-state index >= 15 is 0 Å². The van der Waals surface area contributed by atoms with E-state index in [-0.39, 0.29) is 13.0 Å². The molecule has 0 aromatic heterocycles. The monoisotopic (exact) mass is 151 g/mol. The first-order valence-electron chi connectivity index (χ1n) is 2.41. The lowest BCUT2D eigenvalue weighted by Crippen LogP contribution is -1.93. The first-order valence-corrected chi connectivity index (χ1v) is 3.05. The van der Waals surface area contributed by atoms with Crippen molar-refractivity contribution in [3.63, 3.8) is 0 Å². The van der Waals surface area contributed by atoms with E-state index in [1.54, 1.807) is 0 Å². The molecule has 4 heteroatoms. The summed E-state index contributed by atoms with van der Waals surface area (Å²) in [5.74, 6) is -0.361. The minimum absolute atomic E-state index is 0. The largest absolute Gasteiger partial charge is 0.481 e. The summed E-state index contributed by atoms with van der Waals surface area (Å²) in [7, 11) is 0. The minimum atomic E-state index is -0.787. The SMILES string of the molecule is O=C(O)CCS.[CH2]CO. The number of aliphatic hydroxyl groups excluding tert-OH is 1. The molecule has 0 aliphatic rings. The van der Waals surface area contributed by atoms with Crippen LogP contribution in [0.2, 0.25) is 0 Å². The molecular weight excluding hydrogens is 140 g/mol. The number of carboxylic acids is 1.